The highest BCUT2D eigenvalue weighted by Crippen LogP contribution is 2.32. The van der Waals surface area contributed by atoms with Crippen molar-refractivity contribution in [3.05, 3.63) is 58.1 Å². The van der Waals surface area contributed by atoms with E-state index >= 15 is 0 Å². The van der Waals surface area contributed by atoms with E-state index in [-0.39, 0.29) is 43.0 Å². The maximum Gasteiger partial charge on any atom is 0.328 e. The quantitative estimate of drug-likeness (QED) is 0.237. The summed E-state index contributed by atoms with van der Waals surface area (Å²) in [5, 5.41) is 3.87. The van der Waals surface area contributed by atoms with Gasteiger partial charge in [0.1, 0.15) is 18.0 Å². The van der Waals surface area contributed by atoms with Crippen molar-refractivity contribution >= 4 is 46.3 Å². The van der Waals surface area contributed by atoms with E-state index in [1.165, 1.54) is 12.4 Å². The van der Waals surface area contributed by atoms with Gasteiger partial charge in [-0.15, -0.1) is 0 Å². The van der Waals surface area contributed by atoms with Gasteiger partial charge in [0, 0.05) is 40.2 Å². The Bertz CT molecular complexity index is 1390. The lowest BCUT2D eigenvalue weighted by molar-refractivity contribution is -0.146. The largest absolute Gasteiger partial charge is 0.466 e. The number of hydrogen-bond acceptors (Lipinski definition) is 8. The van der Waals surface area contributed by atoms with Gasteiger partial charge in [-0.2, -0.15) is 0 Å². The summed E-state index contributed by atoms with van der Waals surface area (Å²) in [4.78, 5) is 63.3. The van der Waals surface area contributed by atoms with Crippen molar-refractivity contribution < 1.29 is 28.7 Å². The van der Waals surface area contributed by atoms with E-state index in [9.17, 15) is 19.2 Å². The Morgan fingerprint density at radius 3 is 2.48 bits per heavy atom. The third-order valence-electron chi connectivity index (χ3n) is 6.31. The second kappa shape index (κ2) is 13.5. The molecule has 1 amide bonds. The molecule has 40 heavy (non-hydrogen) atoms. The second-order valence-corrected chi connectivity index (χ2v) is 10.7. The number of H-pyrrole nitrogens is 1. The number of benzene rings is 1. The molecule has 0 bridgehead atoms. The normalized spacial score (nSPS) is 12.2. The molecule has 0 radical (unpaired) electrons. The van der Waals surface area contributed by atoms with Gasteiger partial charge in [-0.25, -0.2) is 14.8 Å². The van der Waals surface area contributed by atoms with Gasteiger partial charge in [-0.1, -0.05) is 32.4 Å². The number of ether oxygens (including phenoxy) is 2. The molecule has 0 saturated carbocycles. The Kier molecular flexibility index (Phi) is 10.4. The molecule has 0 fully saturated rings. The number of rotatable bonds is 12. The SMILES string of the molecule is CCOC(=O)CC[C@H](NC(=O)c1ccc(Cl)c(CCc2c[nH]c3ncncc23)c1C(=O)C(C)(C)C)C(=O)OCC. The van der Waals surface area contributed by atoms with Crippen molar-refractivity contribution in [1.82, 2.24) is 20.3 Å². The third kappa shape index (κ3) is 7.44. The number of nitrogens with zero attached hydrogens (tertiary/aromatic N) is 2. The van der Waals surface area contributed by atoms with Crippen molar-refractivity contribution in [2.75, 3.05) is 13.2 Å². The van der Waals surface area contributed by atoms with Crippen LogP contribution < -0.4 is 5.32 Å². The minimum atomic E-state index is -1.11. The predicted octanol–water partition coefficient (Wildman–Crippen LogP) is 4.63. The maximum absolute atomic E-state index is 13.7. The number of hydrogen-bond donors (Lipinski definition) is 2. The Balaban J connectivity index is 1.97. The van der Waals surface area contributed by atoms with Crippen LogP contribution in [0.15, 0.2) is 30.9 Å². The number of aromatic amines is 1. The predicted molar refractivity (Wildman–Crippen MR) is 150 cm³/mol. The molecule has 11 heteroatoms. The van der Waals surface area contributed by atoms with Crippen LogP contribution in [0.4, 0.5) is 0 Å². The van der Waals surface area contributed by atoms with Gasteiger partial charge in [0.25, 0.3) is 5.91 Å². The standard InChI is InChI=1S/C29H35ClN4O6/c1-6-39-23(35)13-12-22(28(38)40-7-2)34-27(37)19-10-11-21(30)18(24(19)25(36)29(3,4)5)9-8-17-14-32-26-20(17)15-31-16-33-26/h10-11,14-16,22H,6-9,12-13H2,1-5H3,(H,34,37)(H,31,32,33)/t22-/m0/s1. The fourth-order valence-electron chi connectivity index (χ4n) is 4.29. The number of halogens is 1. The van der Waals surface area contributed by atoms with Gasteiger partial charge < -0.3 is 19.8 Å². The summed E-state index contributed by atoms with van der Waals surface area (Å²) in [6, 6.07) is 1.94. The number of nitrogens with one attached hydrogen (secondary N) is 2. The molecule has 1 atom stereocenters. The molecule has 1 aromatic carbocycles. The molecular formula is C29H35ClN4O6. The number of fused-ring (bicyclic) bond motifs is 1. The van der Waals surface area contributed by atoms with Crippen molar-refractivity contribution in [3.63, 3.8) is 0 Å². The summed E-state index contributed by atoms with van der Waals surface area (Å²) in [5.74, 6) is -2.09. The van der Waals surface area contributed by atoms with Crippen LogP contribution in [-0.2, 0) is 31.9 Å². The smallest absolute Gasteiger partial charge is 0.328 e. The molecule has 0 saturated heterocycles. The zero-order valence-electron chi connectivity index (χ0n) is 23.4. The zero-order valence-corrected chi connectivity index (χ0v) is 24.2. The molecule has 0 spiro atoms. The number of Topliss-reactive ketones (excluding diaryl/α,β-unsaturated/α-hetero) is 1. The molecule has 2 heterocycles. The number of ketones is 1. The number of amides is 1. The topological polar surface area (TPSA) is 140 Å². The second-order valence-electron chi connectivity index (χ2n) is 10.2. The lowest BCUT2D eigenvalue weighted by Crippen LogP contribution is -2.43. The Labute approximate surface area is 238 Å². The highest BCUT2D eigenvalue weighted by molar-refractivity contribution is 6.32. The van der Waals surface area contributed by atoms with E-state index in [4.69, 9.17) is 21.1 Å². The minimum absolute atomic E-state index is 0.0188. The summed E-state index contributed by atoms with van der Waals surface area (Å²) in [6.45, 7) is 8.92. The van der Waals surface area contributed by atoms with Crippen LogP contribution in [0.5, 0.6) is 0 Å². The van der Waals surface area contributed by atoms with Crippen molar-refractivity contribution in [3.8, 4) is 0 Å². The van der Waals surface area contributed by atoms with Gasteiger partial charge in [0.15, 0.2) is 5.78 Å². The fraction of sp³-hybridized carbons (Fsp3) is 0.448. The van der Waals surface area contributed by atoms with Crippen LogP contribution in [0.3, 0.4) is 0 Å². The van der Waals surface area contributed by atoms with E-state index < -0.39 is 29.3 Å². The van der Waals surface area contributed by atoms with Gasteiger partial charge >= 0.3 is 11.9 Å². The van der Waals surface area contributed by atoms with Crippen LogP contribution in [0.25, 0.3) is 11.0 Å². The van der Waals surface area contributed by atoms with E-state index in [1.54, 1.807) is 46.9 Å². The van der Waals surface area contributed by atoms with Gasteiger partial charge in [0.05, 0.1) is 18.8 Å². The van der Waals surface area contributed by atoms with Crippen LogP contribution >= 0.6 is 11.6 Å². The summed E-state index contributed by atoms with van der Waals surface area (Å²) < 4.78 is 10.1. The highest BCUT2D eigenvalue weighted by atomic mass is 35.5. The first-order valence-electron chi connectivity index (χ1n) is 13.2. The Hall–Kier alpha value is -3.79. The summed E-state index contributed by atoms with van der Waals surface area (Å²) in [6.07, 6.45) is 5.77. The zero-order chi connectivity index (χ0) is 29.4. The molecular weight excluding hydrogens is 536 g/mol. The molecule has 2 aromatic heterocycles. The van der Waals surface area contributed by atoms with Crippen molar-refractivity contribution in [1.29, 1.82) is 0 Å². The summed E-state index contributed by atoms with van der Waals surface area (Å²) >= 11 is 6.63. The molecule has 3 rings (SSSR count). The van der Waals surface area contributed by atoms with E-state index in [0.29, 0.717) is 29.1 Å². The van der Waals surface area contributed by atoms with E-state index in [0.717, 1.165) is 10.9 Å². The third-order valence-corrected chi connectivity index (χ3v) is 6.67. The van der Waals surface area contributed by atoms with Crippen LogP contribution in [0.2, 0.25) is 5.02 Å². The fourth-order valence-corrected chi connectivity index (χ4v) is 4.54. The Morgan fingerprint density at radius 1 is 1.07 bits per heavy atom. The summed E-state index contributed by atoms with van der Waals surface area (Å²) in [5.41, 5.74) is 1.63. The lowest BCUT2D eigenvalue weighted by Gasteiger charge is -2.23. The van der Waals surface area contributed by atoms with Gasteiger partial charge in [0.2, 0.25) is 0 Å². The first kappa shape index (κ1) is 30.7. The molecule has 0 aliphatic heterocycles. The summed E-state index contributed by atoms with van der Waals surface area (Å²) in [7, 11) is 0. The molecule has 2 N–H and O–H groups in total. The number of esters is 2. The van der Waals surface area contributed by atoms with Crippen LogP contribution in [-0.4, -0.2) is 57.8 Å². The van der Waals surface area contributed by atoms with Crippen molar-refractivity contribution in [2.45, 2.75) is 66.3 Å². The minimum Gasteiger partial charge on any atom is -0.466 e. The average Bonchev–Trinajstić information content (AvgIpc) is 3.32. The maximum atomic E-state index is 13.7. The Morgan fingerprint density at radius 2 is 1.80 bits per heavy atom. The molecule has 3 aromatic rings. The number of carbonyl (C=O) groups excluding carboxylic acids is 4. The molecule has 0 unspecified atom stereocenters. The van der Waals surface area contributed by atoms with E-state index in [1.807, 2.05) is 6.20 Å². The van der Waals surface area contributed by atoms with Crippen molar-refractivity contribution in [2.24, 2.45) is 5.41 Å². The lowest BCUT2D eigenvalue weighted by atomic mass is 9.81. The number of aromatic nitrogens is 3. The molecule has 10 nitrogen and oxygen atoms in total. The highest BCUT2D eigenvalue weighted by Gasteiger charge is 2.32. The first-order valence-corrected chi connectivity index (χ1v) is 13.6. The monoisotopic (exact) mass is 570 g/mol. The van der Waals surface area contributed by atoms with E-state index in [2.05, 4.69) is 20.3 Å². The molecule has 0 aliphatic rings. The number of aryl methyl sites for hydroxylation is 1. The first-order chi connectivity index (χ1) is 19.0. The van der Waals surface area contributed by atoms with Crippen LogP contribution in [0.1, 0.15) is 79.3 Å². The molecule has 214 valence electrons. The van der Waals surface area contributed by atoms with Gasteiger partial charge in [-0.05, 0) is 56.4 Å². The average molecular weight is 571 g/mol. The number of carbonyl (C=O) groups is 4. The van der Waals surface area contributed by atoms with Gasteiger partial charge in [-0.3, -0.25) is 14.4 Å². The van der Waals surface area contributed by atoms with Crippen LogP contribution in [0, 0.1) is 5.41 Å². The molecule has 0 aliphatic carbocycles.